The van der Waals surface area contributed by atoms with Crippen molar-refractivity contribution in [2.75, 3.05) is 43.0 Å². The molecule has 0 aliphatic carbocycles. The first-order valence-corrected chi connectivity index (χ1v) is 7.01. The summed E-state index contributed by atoms with van der Waals surface area (Å²) < 4.78 is 0. The number of hydrogen-bond acceptors (Lipinski definition) is 6. The SMILES string of the molecule is CCc1nc(NN)c(C)c(N2CCN(CC)CC2)n1. The van der Waals surface area contributed by atoms with Crippen molar-refractivity contribution in [1.82, 2.24) is 14.9 Å². The Morgan fingerprint density at radius 3 is 2.37 bits per heavy atom. The summed E-state index contributed by atoms with van der Waals surface area (Å²) >= 11 is 0. The summed E-state index contributed by atoms with van der Waals surface area (Å²) in [6.07, 6.45) is 0.816. The van der Waals surface area contributed by atoms with Crippen LogP contribution < -0.4 is 16.2 Å². The molecule has 1 aliphatic heterocycles. The number of nitrogens with one attached hydrogen (secondary N) is 1. The third-order valence-electron chi connectivity index (χ3n) is 3.74. The van der Waals surface area contributed by atoms with Gasteiger partial charge in [-0.05, 0) is 13.5 Å². The maximum Gasteiger partial charge on any atom is 0.148 e. The third kappa shape index (κ3) is 2.96. The predicted molar refractivity (Wildman–Crippen MR) is 78.3 cm³/mol. The van der Waals surface area contributed by atoms with Crippen LogP contribution in [0.15, 0.2) is 0 Å². The second-order valence-corrected chi connectivity index (χ2v) is 4.86. The van der Waals surface area contributed by atoms with E-state index in [1.807, 2.05) is 6.92 Å². The van der Waals surface area contributed by atoms with Crippen LogP contribution in [0.2, 0.25) is 0 Å². The molecule has 106 valence electrons. The van der Waals surface area contributed by atoms with Gasteiger partial charge in [-0.25, -0.2) is 15.8 Å². The fourth-order valence-corrected chi connectivity index (χ4v) is 2.43. The zero-order chi connectivity index (χ0) is 13.8. The average Bonchev–Trinajstić information content (AvgIpc) is 2.47. The highest BCUT2D eigenvalue weighted by Crippen LogP contribution is 2.24. The molecule has 0 radical (unpaired) electrons. The summed E-state index contributed by atoms with van der Waals surface area (Å²) in [5.41, 5.74) is 3.71. The number of anilines is 2. The molecular weight excluding hydrogens is 240 g/mol. The lowest BCUT2D eigenvalue weighted by Gasteiger charge is -2.35. The van der Waals surface area contributed by atoms with E-state index >= 15 is 0 Å². The fraction of sp³-hybridized carbons (Fsp3) is 0.692. The molecule has 1 aromatic heterocycles. The van der Waals surface area contributed by atoms with Crippen molar-refractivity contribution in [3.63, 3.8) is 0 Å². The van der Waals surface area contributed by atoms with Gasteiger partial charge in [0.05, 0.1) is 0 Å². The summed E-state index contributed by atoms with van der Waals surface area (Å²) in [5, 5.41) is 0. The van der Waals surface area contributed by atoms with Gasteiger partial charge in [-0.15, -0.1) is 0 Å². The molecule has 1 aromatic rings. The molecule has 1 fully saturated rings. The Labute approximate surface area is 115 Å². The van der Waals surface area contributed by atoms with Gasteiger partial charge in [-0.3, -0.25) is 0 Å². The van der Waals surface area contributed by atoms with Gasteiger partial charge < -0.3 is 15.2 Å². The molecule has 0 amide bonds. The highest BCUT2D eigenvalue weighted by Gasteiger charge is 2.20. The molecule has 1 saturated heterocycles. The lowest BCUT2D eigenvalue weighted by atomic mass is 10.2. The number of nitrogen functional groups attached to an aromatic ring is 1. The molecule has 0 saturated carbocycles. The van der Waals surface area contributed by atoms with Crippen molar-refractivity contribution in [1.29, 1.82) is 0 Å². The minimum absolute atomic E-state index is 0.736. The van der Waals surface area contributed by atoms with E-state index in [4.69, 9.17) is 5.84 Å². The van der Waals surface area contributed by atoms with E-state index in [2.05, 4.69) is 39.0 Å². The van der Waals surface area contributed by atoms with Crippen molar-refractivity contribution in [2.24, 2.45) is 5.84 Å². The molecule has 3 N–H and O–H groups in total. The summed E-state index contributed by atoms with van der Waals surface area (Å²) in [5.74, 6) is 8.15. The zero-order valence-corrected chi connectivity index (χ0v) is 12.1. The largest absolute Gasteiger partial charge is 0.354 e. The van der Waals surface area contributed by atoms with Crippen molar-refractivity contribution in [3.8, 4) is 0 Å². The number of hydrogen-bond donors (Lipinski definition) is 2. The molecule has 0 aromatic carbocycles. The number of piperazine rings is 1. The van der Waals surface area contributed by atoms with E-state index < -0.39 is 0 Å². The average molecular weight is 264 g/mol. The van der Waals surface area contributed by atoms with Gasteiger partial charge in [0.25, 0.3) is 0 Å². The van der Waals surface area contributed by atoms with Gasteiger partial charge >= 0.3 is 0 Å². The van der Waals surface area contributed by atoms with Crippen LogP contribution in [0.1, 0.15) is 25.2 Å². The Bertz CT molecular complexity index is 425. The number of aromatic nitrogens is 2. The smallest absolute Gasteiger partial charge is 0.148 e. The Morgan fingerprint density at radius 1 is 1.16 bits per heavy atom. The van der Waals surface area contributed by atoms with Gasteiger partial charge in [0.1, 0.15) is 17.5 Å². The topological polar surface area (TPSA) is 70.3 Å². The van der Waals surface area contributed by atoms with E-state index in [1.54, 1.807) is 0 Å². The molecule has 6 heteroatoms. The minimum atomic E-state index is 0.736. The molecule has 0 spiro atoms. The molecule has 2 rings (SSSR count). The molecular formula is C13H24N6. The zero-order valence-electron chi connectivity index (χ0n) is 12.1. The summed E-state index contributed by atoms with van der Waals surface area (Å²) in [4.78, 5) is 13.9. The molecule has 2 heterocycles. The van der Waals surface area contributed by atoms with Gasteiger partial charge in [-0.1, -0.05) is 13.8 Å². The Kier molecular flexibility index (Phi) is 4.55. The number of hydrazine groups is 1. The fourth-order valence-electron chi connectivity index (χ4n) is 2.43. The Morgan fingerprint density at radius 2 is 1.84 bits per heavy atom. The van der Waals surface area contributed by atoms with E-state index in [0.29, 0.717) is 0 Å². The van der Waals surface area contributed by atoms with Crippen LogP contribution in [0.25, 0.3) is 0 Å². The van der Waals surface area contributed by atoms with Crippen LogP contribution in [0.5, 0.6) is 0 Å². The van der Waals surface area contributed by atoms with Crippen LogP contribution in [0.3, 0.4) is 0 Å². The van der Waals surface area contributed by atoms with Crippen molar-refractivity contribution in [3.05, 3.63) is 11.4 Å². The lowest BCUT2D eigenvalue weighted by Crippen LogP contribution is -2.46. The first kappa shape index (κ1) is 14.0. The second-order valence-electron chi connectivity index (χ2n) is 4.86. The molecule has 0 atom stereocenters. The predicted octanol–water partition coefficient (Wildman–Crippen LogP) is 0.775. The summed E-state index contributed by atoms with van der Waals surface area (Å²) in [6, 6.07) is 0. The normalized spacial score (nSPS) is 16.7. The summed E-state index contributed by atoms with van der Waals surface area (Å²) in [6.45, 7) is 11.6. The van der Waals surface area contributed by atoms with E-state index in [-0.39, 0.29) is 0 Å². The standard InChI is InChI=1S/C13H24N6/c1-4-11-15-12(17-14)10(3)13(16-11)19-8-6-18(5-2)7-9-19/h4-9,14H2,1-3H3,(H,15,16,17). The number of rotatable bonds is 4. The van der Waals surface area contributed by atoms with Crippen LogP contribution in [-0.2, 0) is 6.42 Å². The van der Waals surface area contributed by atoms with Crippen LogP contribution in [0, 0.1) is 6.92 Å². The van der Waals surface area contributed by atoms with Gasteiger partial charge in [0, 0.05) is 38.2 Å². The summed E-state index contributed by atoms with van der Waals surface area (Å²) in [7, 11) is 0. The van der Waals surface area contributed by atoms with Crippen molar-refractivity contribution >= 4 is 11.6 Å². The molecule has 19 heavy (non-hydrogen) atoms. The van der Waals surface area contributed by atoms with Crippen molar-refractivity contribution < 1.29 is 0 Å². The van der Waals surface area contributed by atoms with E-state index in [0.717, 1.165) is 62.2 Å². The first-order chi connectivity index (χ1) is 9.19. The third-order valence-corrected chi connectivity index (χ3v) is 3.74. The molecule has 1 aliphatic rings. The molecule has 0 bridgehead atoms. The lowest BCUT2D eigenvalue weighted by molar-refractivity contribution is 0.270. The number of nitrogens with zero attached hydrogens (tertiary/aromatic N) is 4. The quantitative estimate of drug-likeness (QED) is 0.618. The Balaban J connectivity index is 2.24. The van der Waals surface area contributed by atoms with Crippen LogP contribution in [-0.4, -0.2) is 47.6 Å². The maximum atomic E-state index is 5.55. The first-order valence-electron chi connectivity index (χ1n) is 7.01. The van der Waals surface area contributed by atoms with Crippen LogP contribution >= 0.6 is 0 Å². The minimum Gasteiger partial charge on any atom is -0.354 e. The highest BCUT2D eigenvalue weighted by atomic mass is 15.3. The second kappa shape index (κ2) is 6.16. The van der Waals surface area contributed by atoms with Gasteiger partial charge in [-0.2, -0.15) is 0 Å². The number of aryl methyl sites for hydroxylation is 1. The molecule has 0 unspecified atom stereocenters. The Hall–Kier alpha value is -1.40. The maximum absolute atomic E-state index is 5.55. The monoisotopic (exact) mass is 264 g/mol. The van der Waals surface area contributed by atoms with Crippen molar-refractivity contribution in [2.45, 2.75) is 27.2 Å². The van der Waals surface area contributed by atoms with E-state index in [9.17, 15) is 0 Å². The van der Waals surface area contributed by atoms with E-state index in [1.165, 1.54) is 0 Å². The van der Waals surface area contributed by atoms with Gasteiger partial charge in [0.15, 0.2) is 0 Å². The number of nitrogens with two attached hydrogens (primary N) is 1. The van der Waals surface area contributed by atoms with Crippen LogP contribution in [0.4, 0.5) is 11.6 Å². The highest BCUT2D eigenvalue weighted by molar-refractivity contribution is 5.58. The van der Waals surface area contributed by atoms with Gasteiger partial charge in [0.2, 0.25) is 0 Å². The number of likely N-dealkylation sites (N-methyl/N-ethyl adjacent to an activating group) is 1. The molecule has 6 nitrogen and oxygen atoms in total.